The molecule has 1 aromatic heterocycles. The summed E-state index contributed by atoms with van der Waals surface area (Å²) in [6.45, 7) is 3.62. The van der Waals surface area contributed by atoms with E-state index in [0.717, 1.165) is 11.0 Å². The zero-order valence-electron chi connectivity index (χ0n) is 18.4. The zero-order chi connectivity index (χ0) is 24.6. The molecule has 2 aromatic carbocycles. The zero-order valence-corrected chi connectivity index (χ0v) is 19.2. The molecule has 34 heavy (non-hydrogen) atoms. The van der Waals surface area contributed by atoms with Crippen molar-refractivity contribution in [2.45, 2.75) is 33.2 Å². The van der Waals surface area contributed by atoms with Crippen molar-refractivity contribution in [2.75, 3.05) is 0 Å². The summed E-state index contributed by atoms with van der Waals surface area (Å²) < 4.78 is 1.09. The topological polar surface area (TPSA) is 125 Å². The van der Waals surface area contributed by atoms with Crippen LogP contribution >= 0.6 is 11.6 Å². The first-order valence-corrected chi connectivity index (χ1v) is 11.0. The van der Waals surface area contributed by atoms with Gasteiger partial charge in [0, 0.05) is 33.8 Å². The Kier molecular flexibility index (Phi) is 6.14. The van der Waals surface area contributed by atoms with Gasteiger partial charge >= 0.3 is 0 Å². The Morgan fingerprint density at radius 3 is 2.38 bits per heavy atom. The molecular formula is C25H19ClN4O4. The summed E-state index contributed by atoms with van der Waals surface area (Å²) in [6, 6.07) is 11.2. The Balaban J connectivity index is 1.90. The molecule has 8 nitrogen and oxygen atoms in total. The number of hydrogen-bond donors (Lipinski definition) is 1. The van der Waals surface area contributed by atoms with Crippen molar-refractivity contribution in [2.24, 2.45) is 10.2 Å². The minimum atomic E-state index is -0.616. The summed E-state index contributed by atoms with van der Waals surface area (Å²) >= 11 is 6.21. The average molecular weight is 475 g/mol. The van der Waals surface area contributed by atoms with Gasteiger partial charge in [0.1, 0.15) is 11.6 Å². The predicted octanol–water partition coefficient (Wildman–Crippen LogP) is 5.38. The van der Waals surface area contributed by atoms with E-state index in [4.69, 9.17) is 11.6 Å². The number of azo groups is 1. The van der Waals surface area contributed by atoms with Crippen LogP contribution in [0.15, 0.2) is 51.4 Å². The van der Waals surface area contributed by atoms with Gasteiger partial charge in [0.2, 0.25) is 5.88 Å². The second-order valence-electron chi connectivity index (χ2n) is 7.85. The van der Waals surface area contributed by atoms with Crippen LogP contribution in [0.4, 0.5) is 11.4 Å². The molecule has 1 aliphatic rings. The third kappa shape index (κ3) is 3.70. The normalized spacial score (nSPS) is 12.5. The largest absolute Gasteiger partial charge is 0.493 e. The highest BCUT2D eigenvalue weighted by Gasteiger charge is 2.32. The molecule has 0 spiro atoms. The monoisotopic (exact) mass is 474 g/mol. The van der Waals surface area contributed by atoms with Crippen LogP contribution in [0.25, 0.3) is 0 Å². The Morgan fingerprint density at radius 2 is 1.74 bits per heavy atom. The van der Waals surface area contributed by atoms with E-state index in [9.17, 15) is 24.8 Å². The molecular weight excluding hydrogens is 456 g/mol. The molecule has 0 saturated carbocycles. The van der Waals surface area contributed by atoms with Gasteiger partial charge in [-0.2, -0.15) is 5.26 Å². The first kappa shape index (κ1) is 23.1. The van der Waals surface area contributed by atoms with Crippen LogP contribution in [0.1, 0.15) is 62.7 Å². The fourth-order valence-electron chi connectivity index (χ4n) is 3.93. The molecule has 0 atom stereocenters. The third-order valence-electron chi connectivity index (χ3n) is 5.73. The number of carbonyl (C=O) groups is 2. The second-order valence-corrected chi connectivity index (χ2v) is 8.28. The van der Waals surface area contributed by atoms with E-state index in [-0.39, 0.29) is 62.1 Å². The minimum absolute atomic E-state index is 0.0286. The first-order valence-electron chi connectivity index (χ1n) is 10.6. The van der Waals surface area contributed by atoms with Crippen molar-refractivity contribution in [1.29, 1.82) is 5.26 Å². The second kappa shape index (κ2) is 9.04. The molecule has 170 valence electrons. The minimum Gasteiger partial charge on any atom is -0.493 e. The van der Waals surface area contributed by atoms with Crippen molar-refractivity contribution in [3.05, 3.63) is 85.2 Å². The molecule has 0 radical (unpaired) electrons. The molecule has 0 unspecified atom stereocenters. The first-order chi connectivity index (χ1) is 16.3. The molecule has 1 N–H and O–H groups in total. The van der Waals surface area contributed by atoms with Crippen molar-refractivity contribution in [3.8, 4) is 11.9 Å². The summed E-state index contributed by atoms with van der Waals surface area (Å²) in [5.74, 6) is -1.19. The smallest absolute Gasteiger partial charge is 0.281 e. The molecule has 9 heteroatoms. The molecule has 0 amide bonds. The number of hydrogen-bond acceptors (Lipinski definition) is 7. The number of nitrogens with zero attached hydrogens (tertiary/aromatic N) is 4. The van der Waals surface area contributed by atoms with Crippen molar-refractivity contribution in [3.63, 3.8) is 0 Å². The van der Waals surface area contributed by atoms with Gasteiger partial charge in [0.25, 0.3) is 5.56 Å². The van der Waals surface area contributed by atoms with E-state index in [0.29, 0.717) is 6.42 Å². The van der Waals surface area contributed by atoms with E-state index in [1.807, 2.05) is 13.0 Å². The number of ketones is 2. The van der Waals surface area contributed by atoms with Gasteiger partial charge in [-0.1, -0.05) is 49.2 Å². The van der Waals surface area contributed by atoms with E-state index in [2.05, 4.69) is 10.2 Å². The highest BCUT2D eigenvalue weighted by Crippen LogP contribution is 2.37. The van der Waals surface area contributed by atoms with Crippen LogP contribution in [0, 0.1) is 18.3 Å². The van der Waals surface area contributed by atoms with Crippen LogP contribution in [-0.4, -0.2) is 21.2 Å². The molecule has 1 aliphatic carbocycles. The maximum Gasteiger partial charge on any atom is 0.281 e. The van der Waals surface area contributed by atoms with Gasteiger partial charge in [0.05, 0.1) is 11.3 Å². The van der Waals surface area contributed by atoms with Crippen LogP contribution < -0.4 is 5.56 Å². The lowest BCUT2D eigenvalue weighted by atomic mass is 9.83. The molecule has 0 bridgehead atoms. The number of fused-ring (bicyclic) bond motifs is 2. The number of benzene rings is 2. The highest BCUT2D eigenvalue weighted by atomic mass is 35.5. The van der Waals surface area contributed by atoms with Gasteiger partial charge in [-0.3, -0.25) is 19.0 Å². The lowest BCUT2D eigenvalue weighted by Gasteiger charge is -2.18. The van der Waals surface area contributed by atoms with Gasteiger partial charge < -0.3 is 5.11 Å². The number of unbranched alkanes of at least 4 members (excludes halogenated alkanes) is 1. The van der Waals surface area contributed by atoms with Gasteiger partial charge in [-0.05, 0) is 25.5 Å². The molecule has 0 saturated heterocycles. The predicted molar refractivity (Wildman–Crippen MR) is 126 cm³/mol. The lowest BCUT2D eigenvalue weighted by molar-refractivity contribution is 0.0979. The maximum atomic E-state index is 13.2. The van der Waals surface area contributed by atoms with E-state index in [1.165, 1.54) is 19.1 Å². The van der Waals surface area contributed by atoms with E-state index < -0.39 is 17.2 Å². The number of aromatic nitrogens is 1. The van der Waals surface area contributed by atoms with Gasteiger partial charge in [0.15, 0.2) is 17.3 Å². The Hall–Kier alpha value is -4.09. The van der Waals surface area contributed by atoms with E-state index in [1.54, 1.807) is 24.3 Å². The average Bonchev–Trinajstić information content (AvgIpc) is 2.82. The van der Waals surface area contributed by atoms with Crippen molar-refractivity contribution in [1.82, 2.24) is 4.57 Å². The summed E-state index contributed by atoms with van der Waals surface area (Å²) in [5, 5.41) is 28.3. The fraction of sp³-hybridized carbons (Fsp3) is 0.200. The van der Waals surface area contributed by atoms with E-state index >= 15 is 0 Å². The molecule has 1 heterocycles. The number of nitriles is 1. The SMILES string of the molecule is CCCCn1c(O)c(C#N)c(C)c(N=Nc2cc(Cl)cc3c2C(=O)c2ccccc2C3=O)c1=O. The van der Waals surface area contributed by atoms with Crippen LogP contribution in [0.3, 0.4) is 0 Å². The van der Waals surface area contributed by atoms with Gasteiger partial charge in [-0.25, -0.2) is 0 Å². The molecule has 4 rings (SSSR count). The summed E-state index contributed by atoms with van der Waals surface area (Å²) in [4.78, 5) is 39.2. The Labute approximate surface area is 199 Å². The number of rotatable bonds is 5. The maximum absolute atomic E-state index is 13.2. The fourth-order valence-corrected chi connectivity index (χ4v) is 4.15. The van der Waals surface area contributed by atoms with Crippen LogP contribution in [0.5, 0.6) is 5.88 Å². The summed E-state index contributed by atoms with van der Waals surface area (Å²) in [5.41, 5.74) is 0.00368. The van der Waals surface area contributed by atoms with Crippen LogP contribution in [-0.2, 0) is 6.54 Å². The lowest BCUT2D eigenvalue weighted by Crippen LogP contribution is -2.22. The Bertz CT molecular complexity index is 1500. The summed E-state index contributed by atoms with van der Waals surface area (Å²) in [6.07, 6.45) is 1.38. The highest BCUT2D eigenvalue weighted by molar-refractivity contribution is 6.34. The standard InChI is InChI=1S/C25H19ClN4O4/c1-3-4-9-30-24(33)18(12-27)13(2)21(25(30)34)29-28-19-11-14(26)10-17-20(19)23(32)16-8-6-5-7-15(16)22(17)31/h5-8,10-11,33H,3-4,9H2,1-2H3. The molecule has 3 aromatic rings. The Morgan fingerprint density at radius 1 is 1.06 bits per heavy atom. The molecule has 0 fully saturated rings. The number of halogens is 1. The number of carbonyl (C=O) groups excluding carboxylic acids is 2. The van der Waals surface area contributed by atoms with Crippen molar-refractivity contribution >= 4 is 34.5 Å². The quantitative estimate of drug-likeness (QED) is 0.389. The van der Waals surface area contributed by atoms with Gasteiger partial charge in [-0.15, -0.1) is 10.2 Å². The number of pyridine rings is 1. The summed E-state index contributed by atoms with van der Waals surface area (Å²) in [7, 11) is 0. The van der Waals surface area contributed by atoms with Crippen molar-refractivity contribution < 1.29 is 14.7 Å². The molecule has 0 aliphatic heterocycles. The third-order valence-corrected chi connectivity index (χ3v) is 5.95. The number of aromatic hydroxyl groups is 1. The van der Waals surface area contributed by atoms with Crippen LogP contribution in [0.2, 0.25) is 5.02 Å².